The molecule has 2 heterocycles. The third kappa shape index (κ3) is 5.21. The minimum Gasteiger partial charge on any atom is -0.291 e. The summed E-state index contributed by atoms with van der Waals surface area (Å²) in [5.74, 6) is 7.45. The van der Waals surface area contributed by atoms with E-state index in [9.17, 15) is 4.79 Å². The Hall–Kier alpha value is -4.12. The zero-order valence-corrected chi connectivity index (χ0v) is 18.7. The molecule has 1 N–H and O–H groups in total. The highest BCUT2D eigenvalue weighted by molar-refractivity contribution is 5.92. The number of carbonyl (C=O) groups excluding carboxylic acids is 1. The van der Waals surface area contributed by atoms with Crippen molar-refractivity contribution in [2.24, 2.45) is 0 Å². The summed E-state index contributed by atoms with van der Waals surface area (Å²) in [6.07, 6.45) is 2.83. The summed E-state index contributed by atoms with van der Waals surface area (Å²) in [5, 5.41) is 18.8. The topological polar surface area (TPSA) is 102 Å². The van der Waals surface area contributed by atoms with Gasteiger partial charge in [-0.05, 0) is 35.2 Å². The van der Waals surface area contributed by atoms with E-state index in [1.54, 1.807) is 11.6 Å². The van der Waals surface area contributed by atoms with Gasteiger partial charge in [-0.3, -0.25) is 4.79 Å². The average Bonchev–Trinajstić information content (AvgIpc) is 3.52. The number of aromatic nitrogens is 7. The molecule has 0 amide bonds. The molecule has 0 spiro atoms. The molecule has 0 atom stereocenters. The lowest BCUT2D eigenvalue weighted by molar-refractivity contribution is 0.0969. The number of Topliss-reactive ketones (excluding diaryl/α,β-unsaturated/α-hetero) is 1. The molecule has 0 unspecified atom stereocenters. The zero-order chi connectivity index (χ0) is 23.0. The monoisotopic (exact) mass is 439 g/mol. The number of nitrogens with one attached hydrogen (secondary N) is 1. The van der Waals surface area contributed by atoms with Crippen molar-refractivity contribution in [3.63, 3.8) is 0 Å². The molecular weight excluding hydrogens is 414 g/mol. The Bertz CT molecular complexity index is 1280. The largest absolute Gasteiger partial charge is 0.291 e. The molecule has 4 aromatic rings. The third-order valence-electron chi connectivity index (χ3n) is 5.30. The van der Waals surface area contributed by atoms with Gasteiger partial charge in [-0.15, -0.1) is 21.2 Å². The summed E-state index contributed by atoms with van der Waals surface area (Å²) in [7, 11) is 0. The van der Waals surface area contributed by atoms with Gasteiger partial charge < -0.3 is 0 Å². The molecule has 166 valence electrons. The Morgan fingerprint density at radius 2 is 1.88 bits per heavy atom. The molecule has 2 aromatic heterocycles. The predicted octanol–water partition coefficient (Wildman–Crippen LogP) is 4.11. The van der Waals surface area contributed by atoms with Crippen molar-refractivity contribution < 1.29 is 4.79 Å². The lowest BCUT2D eigenvalue weighted by Crippen LogP contribution is -2.06. The molecule has 0 bridgehead atoms. The fourth-order valence-corrected chi connectivity index (χ4v) is 3.54. The number of unbranched alkanes of at least 4 members (excludes halogenated alkanes) is 1. The van der Waals surface area contributed by atoms with E-state index < -0.39 is 0 Å². The minimum atomic E-state index is -0.0188. The summed E-state index contributed by atoms with van der Waals surface area (Å²) in [6.45, 7) is 4.26. The van der Waals surface area contributed by atoms with Crippen molar-refractivity contribution in [3.05, 3.63) is 65.7 Å². The second-order valence-corrected chi connectivity index (χ2v) is 7.62. The lowest BCUT2D eigenvalue weighted by Gasteiger charge is -2.08. The van der Waals surface area contributed by atoms with E-state index in [1.807, 2.05) is 24.3 Å². The van der Waals surface area contributed by atoms with Gasteiger partial charge in [0.15, 0.2) is 0 Å². The number of tetrazole rings is 1. The summed E-state index contributed by atoms with van der Waals surface area (Å²) in [6, 6.07) is 16.2. The fourth-order valence-electron chi connectivity index (χ4n) is 3.54. The summed E-state index contributed by atoms with van der Waals surface area (Å²) < 4.78 is 1.73. The SMILES string of the molecule is CC#CCn1nc(C(=O)CCCC)nc1Cc1ccc(-c2ccccc2-c2nn[nH]n2)cc1. The van der Waals surface area contributed by atoms with Crippen LogP contribution in [0.1, 0.15) is 55.1 Å². The lowest BCUT2D eigenvalue weighted by atomic mass is 9.98. The number of rotatable bonds is 9. The standard InChI is InChI=1S/C25H25N7O/c1-3-5-11-22(33)25-26-23(32(29-25)16-6-4-2)17-18-12-14-19(15-13-18)20-9-7-8-10-21(20)24-27-30-31-28-24/h7-10,12-15H,3,5,11,16-17H2,1-2H3,(H,27,28,30,31). The van der Waals surface area contributed by atoms with E-state index in [0.717, 1.165) is 40.9 Å². The van der Waals surface area contributed by atoms with Crippen LogP contribution < -0.4 is 0 Å². The first-order valence-electron chi connectivity index (χ1n) is 11.0. The second-order valence-electron chi connectivity index (χ2n) is 7.62. The Balaban J connectivity index is 1.58. The van der Waals surface area contributed by atoms with Crippen LogP contribution in [-0.4, -0.2) is 41.2 Å². The summed E-state index contributed by atoms with van der Waals surface area (Å²) >= 11 is 0. The quantitative estimate of drug-likeness (QED) is 0.311. The second kappa shape index (κ2) is 10.5. The molecule has 2 aromatic carbocycles. The van der Waals surface area contributed by atoms with E-state index in [0.29, 0.717) is 25.2 Å². The zero-order valence-electron chi connectivity index (χ0n) is 18.7. The number of carbonyl (C=O) groups is 1. The maximum atomic E-state index is 12.4. The van der Waals surface area contributed by atoms with Gasteiger partial charge in [0.1, 0.15) is 12.4 Å². The predicted molar refractivity (Wildman–Crippen MR) is 125 cm³/mol. The van der Waals surface area contributed by atoms with Crippen LogP contribution in [0.4, 0.5) is 0 Å². The van der Waals surface area contributed by atoms with Gasteiger partial charge in [-0.25, -0.2) is 9.67 Å². The molecule has 0 aliphatic rings. The highest BCUT2D eigenvalue weighted by Gasteiger charge is 2.16. The van der Waals surface area contributed by atoms with Crippen molar-refractivity contribution in [3.8, 4) is 34.4 Å². The molecule has 0 aliphatic heterocycles. The average molecular weight is 440 g/mol. The Morgan fingerprint density at radius 1 is 1.09 bits per heavy atom. The van der Waals surface area contributed by atoms with E-state index >= 15 is 0 Å². The van der Waals surface area contributed by atoms with Gasteiger partial charge in [0, 0.05) is 18.4 Å². The molecule has 0 fully saturated rings. The first-order valence-corrected chi connectivity index (χ1v) is 11.0. The van der Waals surface area contributed by atoms with Gasteiger partial charge in [0.25, 0.3) is 0 Å². The van der Waals surface area contributed by atoms with Gasteiger partial charge in [-0.1, -0.05) is 67.8 Å². The van der Waals surface area contributed by atoms with Crippen molar-refractivity contribution in [1.29, 1.82) is 0 Å². The number of benzene rings is 2. The first-order chi connectivity index (χ1) is 16.2. The summed E-state index contributed by atoms with van der Waals surface area (Å²) in [5.41, 5.74) is 4.05. The van der Waals surface area contributed by atoms with Crippen molar-refractivity contribution in [1.82, 2.24) is 35.4 Å². The minimum absolute atomic E-state index is 0.0188. The molecule has 8 nitrogen and oxygen atoms in total. The van der Waals surface area contributed by atoms with Gasteiger partial charge in [-0.2, -0.15) is 5.21 Å². The molecule has 33 heavy (non-hydrogen) atoms. The number of H-pyrrole nitrogens is 1. The highest BCUT2D eigenvalue weighted by Crippen LogP contribution is 2.30. The molecule has 0 aliphatic carbocycles. The number of ketones is 1. The maximum absolute atomic E-state index is 12.4. The normalized spacial score (nSPS) is 10.6. The molecule has 0 radical (unpaired) electrons. The number of hydrogen-bond donors (Lipinski definition) is 1. The van der Waals surface area contributed by atoms with Crippen LogP contribution in [0.25, 0.3) is 22.5 Å². The van der Waals surface area contributed by atoms with Crippen LogP contribution in [0.2, 0.25) is 0 Å². The van der Waals surface area contributed by atoms with Crippen LogP contribution in [0, 0.1) is 11.8 Å². The number of aromatic amines is 1. The summed E-state index contributed by atoms with van der Waals surface area (Å²) in [4.78, 5) is 17.0. The van der Waals surface area contributed by atoms with Crippen molar-refractivity contribution in [2.45, 2.75) is 46.1 Å². The van der Waals surface area contributed by atoms with E-state index in [4.69, 9.17) is 0 Å². The maximum Gasteiger partial charge on any atom is 0.217 e. The van der Waals surface area contributed by atoms with Crippen LogP contribution in [0.5, 0.6) is 0 Å². The number of hydrogen-bond acceptors (Lipinski definition) is 6. The molecule has 0 saturated carbocycles. The molecule has 0 saturated heterocycles. The Labute approximate surface area is 192 Å². The van der Waals surface area contributed by atoms with E-state index in [2.05, 4.69) is 73.7 Å². The first kappa shape index (κ1) is 22.1. The molecule has 4 rings (SSSR count). The van der Waals surface area contributed by atoms with Gasteiger partial charge in [0.05, 0.1) is 0 Å². The highest BCUT2D eigenvalue weighted by atomic mass is 16.1. The van der Waals surface area contributed by atoms with Crippen molar-refractivity contribution >= 4 is 5.78 Å². The van der Waals surface area contributed by atoms with Crippen LogP contribution >= 0.6 is 0 Å². The van der Waals surface area contributed by atoms with E-state index in [1.165, 1.54) is 0 Å². The molecule has 8 heteroatoms. The van der Waals surface area contributed by atoms with Crippen LogP contribution in [0.15, 0.2) is 48.5 Å². The van der Waals surface area contributed by atoms with Gasteiger partial charge in [0.2, 0.25) is 17.4 Å². The van der Waals surface area contributed by atoms with E-state index in [-0.39, 0.29) is 11.6 Å². The number of nitrogens with zero attached hydrogens (tertiary/aromatic N) is 6. The third-order valence-corrected chi connectivity index (χ3v) is 5.30. The van der Waals surface area contributed by atoms with Crippen molar-refractivity contribution in [2.75, 3.05) is 0 Å². The Morgan fingerprint density at radius 3 is 2.58 bits per heavy atom. The smallest absolute Gasteiger partial charge is 0.217 e. The fraction of sp³-hybridized carbons (Fsp3) is 0.280. The van der Waals surface area contributed by atoms with Crippen LogP contribution in [0.3, 0.4) is 0 Å². The molecular formula is C25H25N7O. The Kier molecular flexibility index (Phi) is 7.00. The van der Waals surface area contributed by atoms with Gasteiger partial charge >= 0.3 is 0 Å². The van der Waals surface area contributed by atoms with Crippen LogP contribution in [-0.2, 0) is 13.0 Å².